The summed E-state index contributed by atoms with van der Waals surface area (Å²) in [5.74, 6) is 0.0369. The van der Waals surface area contributed by atoms with E-state index in [2.05, 4.69) is 10.3 Å². The van der Waals surface area contributed by atoms with Gasteiger partial charge in [0.1, 0.15) is 10.6 Å². The number of carbonyl (C=O) groups excluding carboxylic acids is 2. The second kappa shape index (κ2) is 8.98. The summed E-state index contributed by atoms with van der Waals surface area (Å²) in [5.41, 5.74) is 1.41. The van der Waals surface area contributed by atoms with Crippen molar-refractivity contribution in [2.45, 2.75) is 20.8 Å². The van der Waals surface area contributed by atoms with E-state index in [0.29, 0.717) is 28.9 Å². The fourth-order valence-electron chi connectivity index (χ4n) is 2.00. The molecule has 0 radical (unpaired) electrons. The maximum atomic E-state index is 12.0. The molecule has 7 heteroatoms. The summed E-state index contributed by atoms with van der Waals surface area (Å²) in [7, 11) is 0. The summed E-state index contributed by atoms with van der Waals surface area (Å²) in [6.07, 6.45) is 3.11. The molecule has 0 aliphatic heterocycles. The number of anilines is 1. The number of hydrogen-bond donors (Lipinski definition) is 1. The standard InChI is InChI=1S/C18H20N2O4S/c1-4-23-14-9-6-13(7-10-14)8-11-15(21)20-18-19-12(3)16(25-18)17(22)24-5-2/h6-11H,4-5H2,1-3H3,(H,19,20,21)/b11-8+. The molecule has 0 unspecified atom stereocenters. The van der Waals surface area contributed by atoms with Crippen LogP contribution in [0.25, 0.3) is 6.08 Å². The number of rotatable bonds is 7. The van der Waals surface area contributed by atoms with Crippen molar-refractivity contribution in [1.29, 1.82) is 0 Å². The van der Waals surface area contributed by atoms with Gasteiger partial charge in [0, 0.05) is 6.08 Å². The third kappa shape index (κ3) is 5.42. The number of carbonyl (C=O) groups is 2. The molecule has 0 atom stereocenters. The predicted octanol–water partition coefficient (Wildman–Crippen LogP) is 3.68. The van der Waals surface area contributed by atoms with Crippen LogP contribution in [0.1, 0.15) is 34.8 Å². The minimum atomic E-state index is -0.428. The Kier molecular flexibility index (Phi) is 6.71. The number of amides is 1. The Morgan fingerprint density at radius 3 is 2.56 bits per heavy atom. The van der Waals surface area contributed by atoms with E-state index in [0.717, 1.165) is 22.6 Å². The molecule has 0 aliphatic carbocycles. The van der Waals surface area contributed by atoms with Crippen LogP contribution in [0.2, 0.25) is 0 Å². The van der Waals surface area contributed by atoms with E-state index in [1.807, 2.05) is 31.2 Å². The molecule has 6 nitrogen and oxygen atoms in total. The zero-order valence-corrected chi connectivity index (χ0v) is 15.2. The largest absolute Gasteiger partial charge is 0.494 e. The minimum absolute atomic E-state index is 0.294. The first kappa shape index (κ1) is 18.7. The highest BCUT2D eigenvalue weighted by molar-refractivity contribution is 7.17. The highest BCUT2D eigenvalue weighted by Crippen LogP contribution is 2.23. The van der Waals surface area contributed by atoms with Gasteiger partial charge in [0.25, 0.3) is 0 Å². The smallest absolute Gasteiger partial charge is 0.350 e. The number of nitrogens with zero attached hydrogens (tertiary/aromatic N) is 1. The molecule has 132 valence electrons. The molecule has 0 fully saturated rings. The van der Waals surface area contributed by atoms with Crippen LogP contribution in [0.5, 0.6) is 5.75 Å². The van der Waals surface area contributed by atoms with Gasteiger partial charge in [-0.15, -0.1) is 0 Å². The molecule has 0 saturated heterocycles. The maximum absolute atomic E-state index is 12.0. The lowest BCUT2D eigenvalue weighted by Crippen LogP contribution is -2.07. The summed E-state index contributed by atoms with van der Waals surface area (Å²) >= 11 is 1.10. The topological polar surface area (TPSA) is 77.5 Å². The lowest BCUT2D eigenvalue weighted by atomic mass is 10.2. The minimum Gasteiger partial charge on any atom is -0.494 e. The number of aromatic nitrogens is 1. The van der Waals surface area contributed by atoms with Crippen molar-refractivity contribution in [3.63, 3.8) is 0 Å². The summed E-state index contributed by atoms with van der Waals surface area (Å²) in [5, 5.41) is 3.01. The van der Waals surface area contributed by atoms with Crippen LogP contribution in [0.3, 0.4) is 0 Å². The van der Waals surface area contributed by atoms with Gasteiger partial charge in [-0.3, -0.25) is 10.1 Å². The van der Waals surface area contributed by atoms with Gasteiger partial charge < -0.3 is 9.47 Å². The fourth-order valence-corrected chi connectivity index (χ4v) is 2.86. The Hall–Kier alpha value is -2.67. The zero-order chi connectivity index (χ0) is 18.2. The maximum Gasteiger partial charge on any atom is 0.350 e. The number of aryl methyl sites for hydroxylation is 1. The van der Waals surface area contributed by atoms with Gasteiger partial charge >= 0.3 is 5.97 Å². The average molecular weight is 360 g/mol. The summed E-state index contributed by atoms with van der Waals surface area (Å²) in [6, 6.07) is 7.41. The summed E-state index contributed by atoms with van der Waals surface area (Å²) in [4.78, 5) is 28.3. The molecule has 0 aliphatic rings. The Bertz CT molecular complexity index is 766. The van der Waals surface area contributed by atoms with Crippen LogP contribution in [0, 0.1) is 6.92 Å². The van der Waals surface area contributed by atoms with Crippen LogP contribution in [-0.4, -0.2) is 30.1 Å². The van der Waals surface area contributed by atoms with Crippen molar-refractivity contribution in [3.05, 3.63) is 46.5 Å². The molecular formula is C18H20N2O4S. The molecule has 0 bridgehead atoms. The molecule has 1 N–H and O–H groups in total. The fraction of sp³-hybridized carbons (Fsp3) is 0.278. The van der Waals surface area contributed by atoms with E-state index < -0.39 is 5.97 Å². The lowest BCUT2D eigenvalue weighted by Gasteiger charge is -2.02. The molecule has 1 amide bonds. The molecule has 2 aromatic rings. The van der Waals surface area contributed by atoms with E-state index in [1.54, 1.807) is 19.9 Å². The highest BCUT2D eigenvalue weighted by atomic mass is 32.1. The summed E-state index contributed by atoms with van der Waals surface area (Å²) in [6.45, 7) is 6.27. The SMILES string of the molecule is CCOC(=O)c1sc(NC(=O)/C=C/c2ccc(OCC)cc2)nc1C. The molecular weight excluding hydrogens is 340 g/mol. The van der Waals surface area contributed by atoms with Gasteiger partial charge in [0.05, 0.1) is 18.9 Å². The molecule has 0 spiro atoms. The second-order valence-corrected chi connectivity index (χ2v) is 5.98. The first-order chi connectivity index (χ1) is 12.0. The number of benzene rings is 1. The van der Waals surface area contributed by atoms with Crippen LogP contribution >= 0.6 is 11.3 Å². The highest BCUT2D eigenvalue weighted by Gasteiger charge is 2.16. The second-order valence-electron chi connectivity index (χ2n) is 4.98. The van der Waals surface area contributed by atoms with Gasteiger partial charge in [-0.1, -0.05) is 23.5 Å². The van der Waals surface area contributed by atoms with Crippen LogP contribution < -0.4 is 10.1 Å². The predicted molar refractivity (Wildman–Crippen MR) is 98.1 cm³/mol. The number of hydrogen-bond acceptors (Lipinski definition) is 6. The van der Waals surface area contributed by atoms with Crippen LogP contribution in [0.4, 0.5) is 5.13 Å². The Balaban J connectivity index is 1.97. The van der Waals surface area contributed by atoms with Crippen LogP contribution in [-0.2, 0) is 9.53 Å². The van der Waals surface area contributed by atoms with E-state index in [-0.39, 0.29) is 5.91 Å². The number of nitrogens with one attached hydrogen (secondary N) is 1. The molecule has 1 aromatic heterocycles. The lowest BCUT2D eigenvalue weighted by molar-refractivity contribution is -0.111. The van der Waals surface area contributed by atoms with Gasteiger partial charge in [0.15, 0.2) is 5.13 Å². The van der Waals surface area contributed by atoms with E-state index in [9.17, 15) is 9.59 Å². The monoisotopic (exact) mass is 360 g/mol. The normalized spacial score (nSPS) is 10.7. The molecule has 25 heavy (non-hydrogen) atoms. The van der Waals surface area contributed by atoms with E-state index in [4.69, 9.17) is 9.47 Å². The quantitative estimate of drug-likeness (QED) is 0.602. The van der Waals surface area contributed by atoms with Crippen molar-refractivity contribution in [3.8, 4) is 5.75 Å². The summed E-state index contributed by atoms with van der Waals surface area (Å²) < 4.78 is 10.3. The van der Waals surface area contributed by atoms with Crippen molar-refractivity contribution in [2.24, 2.45) is 0 Å². The van der Waals surface area contributed by atoms with Crippen molar-refractivity contribution in [1.82, 2.24) is 4.98 Å². The molecule has 2 rings (SSSR count). The van der Waals surface area contributed by atoms with Crippen molar-refractivity contribution < 1.29 is 19.1 Å². The first-order valence-electron chi connectivity index (χ1n) is 7.90. The van der Waals surface area contributed by atoms with E-state index in [1.165, 1.54) is 6.08 Å². The Labute approximate surface area is 150 Å². The average Bonchev–Trinajstić information content (AvgIpc) is 2.95. The van der Waals surface area contributed by atoms with Gasteiger partial charge in [-0.25, -0.2) is 9.78 Å². The number of thiazole rings is 1. The van der Waals surface area contributed by atoms with Gasteiger partial charge in [0.2, 0.25) is 5.91 Å². The van der Waals surface area contributed by atoms with E-state index >= 15 is 0 Å². The van der Waals surface area contributed by atoms with Crippen molar-refractivity contribution >= 4 is 34.4 Å². The third-order valence-electron chi connectivity index (χ3n) is 3.11. The van der Waals surface area contributed by atoms with Gasteiger partial charge in [-0.05, 0) is 44.5 Å². The molecule has 0 saturated carbocycles. The number of ether oxygens (including phenoxy) is 2. The molecule has 1 heterocycles. The Morgan fingerprint density at radius 1 is 1.20 bits per heavy atom. The van der Waals surface area contributed by atoms with Crippen molar-refractivity contribution in [2.75, 3.05) is 18.5 Å². The first-order valence-corrected chi connectivity index (χ1v) is 8.71. The number of esters is 1. The Morgan fingerprint density at radius 2 is 1.92 bits per heavy atom. The molecule has 1 aromatic carbocycles. The zero-order valence-electron chi connectivity index (χ0n) is 14.4. The van der Waals surface area contributed by atoms with Crippen LogP contribution in [0.15, 0.2) is 30.3 Å². The van der Waals surface area contributed by atoms with Gasteiger partial charge in [-0.2, -0.15) is 0 Å². The third-order valence-corrected chi connectivity index (χ3v) is 4.16.